The van der Waals surface area contributed by atoms with Crippen molar-refractivity contribution < 1.29 is 4.79 Å². The molecule has 0 aromatic heterocycles. The highest BCUT2D eigenvalue weighted by Gasteiger charge is 2.19. The lowest BCUT2D eigenvalue weighted by atomic mass is 9.99. The fourth-order valence-electron chi connectivity index (χ4n) is 2.17. The molecule has 0 saturated carbocycles. The molecule has 2 aromatic rings. The summed E-state index contributed by atoms with van der Waals surface area (Å²) in [5.74, 6) is 0.139. The van der Waals surface area contributed by atoms with Crippen LogP contribution < -0.4 is 0 Å². The molecular weight excluding hydrogens is 196 g/mol. The monoisotopic (exact) mass is 207 g/mol. The number of hydrogen-bond donors (Lipinski definition) is 0. The van der Waals surface area contributed by atoms with Crippen molar-refractivity contribution in [1.82, 2.24) is 0 Å². The summed E-state index contributed by atoms with van der Waals surface area (Å²) in [5.41, 5.74) is 3.81. The van der Waals surface area contributed by atoms with Crippen LogP contribution in [0.1, 0.15) is 27.0 Å². The van der Waals surface area contributed by atoms with E-state index in [1.54, 1.807) is 0 Å². The number of fused-ring (bicyclic) bond motifs is 2. The number of benzene rings is 2. The van der Waals surface area contributed by atoms with Gasteiger partial charge in [0, 0.05) is 11.1 Å². The van der Waals surface area contributed by atoms with Crippen LogP contribution in [-0.2, 0) is 6.42 Å². The standard InChI is InChI=1S/C15H11O/c16-15-13-7-3-1-5-11(13)9-10-12-6-2-4-8-14(12)15/h1-9H,10H2. The van der Waals surface area contributed by atoms with Crippen LogP contribution in [0.15, 0.2) is 48.5 Å². The van der Waals surface area contributed by atoms with Crippen LogP contribution >= 0.6 is 0 Å². The third-order valence-electron chi connectivity index (χ3n) is 3.01. The first-order valence-corrected chi connectivity index (χ1v) is 5.41. The fourth-order valence-corrected chi connectivity index (χ4v) is 2.17. The Morgan fingerprint density at radius 1 is 0.812 bits per heavy atom. The van der Waals surface area contributed by atoms with Gasteiger partial charge in [-0.05, 0) is 24.0 Å². The Hall–Kier alpha value is -1.89. The lowest BCUT2D eigenvalue weighted by Gasteiger charge is -2.03. The van der Waals surface area contributed by atoms with E-state index in [0.29, 0.717) is 0 Å². The second-order valence-electron chi connectivity index (χ2n) is 3.98. The van der Waals surface area contributed by atoms with Gasteiger partial charge >= 0.3 is 0 Å². The highest BCUT2D eigenvalue weighted by Crippen LogP contribution is 2.24. The minimum atomic E-state index is 0.139. The Labute approximate surface area is 94.7 Å². The summed E-state index contributed by atoms with van der Waals surface area (Å²) in [5, 5.41) is 0. The maximum atomic E-state index is 12.3. The van der Waals surface area contributed by atoms with Gasteiger partial charge in [0.05, 0.1) is 0 Å². The van der Waals surface area contributed by atoms with Gasteiger partial charge in [-0.1, -0.05) is 48.5 Å². The van der Waals surface area contributed by atoms with Crippen molar-refractivity contribution in [3.05, 3.63) is 77.2 Å². The molecule has 3 rings (SSSR count). The smallest absolute Gasteiger partial charge is 0.193 e. The molecule has 2 aromatic carbocycles. The second kappa shape index (κ2) is 3.60. The van der Waals surface area contributed by atoms with Crippen molar-refractivity contribution in [2.45, 2.75) is 6.42 Å². The summed E-state index contributed by atoms with van der Waals surface area (Å²) in [6.45, 7) is 0. The van der Waals surface area contributed by atoms with Crippen molar-refractivity contribution >= 4 is 5.78 Å². The maximum absolute atomic E-state index is 12.3. The van der Waals surface area contributed by atoms with E-state index in [1.807, 2.05) is 48.5 Å². The third-order valence-corrected chi connectivity index (χ3v) is 3.01. The van der Waals surface area contributed by atoms with Crippen LogP contribution in [0.5, 0.6) is 0 Å². The van der Waals surface area contributed by atoms with Crippen LogP contribution in [-0.4, -0.2) is 5.78 Å². The summed E-state index contributed by atoms with van der Waals surface area (Å²) < 4.78 is 0. The molecule has 0 saturated heterocycles. The van der Waals surface area contributed by atoms with Crippen molar-refractivity contribution in [1.29, 1.82) is 0 Å². The van der Waals surface area contributed by atoms with E-state index >= 15 is 0 Å². The number of hydrogen-bond acceptors (Lipinski definition) is 1. The molecule has 0 unspecified atom stereocenters. The quantitative estimate of drug-likeness (QED) is 0.649. The normalized spacial score (nSPS) is 13.9. The zero-order valence-electron chi connectivity index (χ0n) is 8.81. The first-order chi connectivity index (χ1) is 7.86. The van der Waals surface area contributed by atoms with Gasteiger partial charge < -0.3 is 0 Å². The predicted octanol–water partition coefficient (Wildman–Crippen LogP) is 3.03. The fraction of sp³-hybridized carbons (Fsp3) is 0.0667. The minimum Gasteiger partial charge on any atom is -0.289 e. The lowest BCUT2D eigenvalue weighted by Crippen LogP contribution is -2.03. The van der Waals surface area contributed by atoms with Crippen molar-refractivity contribution in [2.75, 3.05) is 0 Å². The van der Waals surface area contributed by atoms with Gasteiger partial charge in [-0.25, -0.2) is 0 Å². The molecule has 0 spiro atoms. The van der Waals surface area contributed by atoms with E-state index < -0.39 is 0 Å². The summed E-state index contributed by atoms with van der Waals surface area (Å²) in [4.78, 5) is 12.3. The van der Waals surface area contributed by atoms with Crippen molar-refractivity contribution in [2.24, 2.45) is 0 Å². The summed E-state index contributed by atoms with van der Waals surface area (Å²) in [6, 6.07) is 15.6. The van der Waals surface area contributed by atoms with E-state index in [2.05, 4.69) is 6.42 Å². The molecule has 1 heteroatoms. The van der Waals surface area contributed by atoms with Gasteiger partial charge in [0.25, 0.3) is 0 Å². The van der Waals surface area contributed by atoms with Crippen molar-refractivity contribution in [3.63, 3.8) is 0 Å². The summed E-state index contributed by atoms with van der Waals surface area (Å²) in [6.07, 6.45) is 2.96. The zero-order valence-corrected chi connectivity index (χ0v) is 8.81. The Balaban J connectivity index is 2.22. The molecule has 0 bridgehead atoms. The summed E-state index contributed by atoms with van der Waals surface area (Å²) in [7, 11) is 0. The SMILES string of the molecule is O=C1c2ccccc2[CH]Cc2ccccc21. The average molecular weight is 207 g/mol. The Bertz CT molecular complexity index is 505. The Morgan fingerprint density at radius 2 is 1.50 bits per heavy atom. The lowest BCUT2D eigenvalue weighted by molar-refractivity contribution is 0.103. The van der Waals surface area contributed by atoms with Gasteiger partial charge in [-0.2, -0.15) is 0 Å². The molecule has 1 nitrogen and oxygen atoms in total. The van der Waals surface area contributed by atoms with Crippen molar-refractivity contribution in [3.8, 4) is 0 Å². The Morgan fingerprint density at radius 3 is 2.38 bits per heavy atom. The van der Waals surface area contributed by atoms with Gasteiger partial charge in [-0.15, -0.1) is 0 Å². The van der Waals surface area contributed by atoms with E-state index in [9.17, 15) is 4.79 Å². The van der Waals surface area contributed by atoms with Crippen LogP contribution in [0, 0.1) is 6.42 Å². The Kier molecular flexibility index (Phi) is 2.10. The molecule has 16 heavy (non-hydrogen) atoms. The average Bonchev–Trinajstić information content (AvgIpc) is 2.49. The van der Waals surface area contributed by atoms with Crippen LogP contribution in [0.4, 0.5) is 0 Å². The van der Waals surface area contributed by atoms with Gasteiger partial charge in [0.15, 0.2) is 5.78 Å². The topological polar surface area (TPSA) is 17.1 Å². The number of carbonyl (C=O) groups excluding carboxylic acids is 1. The highest BCUT2D eigenvalue weighted by atomic mass is 16.1. The van der Waals surface area contributed by atoms with E-state index in [0.717, 1.165) is 28.7 Å². The molecule has 0 heterocycles. The molecule has 0 N–H and O–H groups in total. The van der Waals surface area contributed by atoms with Crippen LogP contribution in [0.3, 0.4) is 0 Å². The minimum absolute atomic E-state index is 0.139. The molecule has 0 fully saturated rings. The molecular formula is C15H11O. The maximum Gasteiger partial charge on any atom is 0.193 e. The second-order valence-corrected chi connectivity index (χ2v) is 3.98. The number of carbonyl (C=O) groups is 1. The molecule has 1 aliphatic rings. The molecule has 0 amide bonds. The largest absolute Gasteiger partial charge is 0.289 e. The number of rotatable bonds is 0. The molecule has 77 valence electrons. The van der Waals surface area contributed by atoms with E-state index in [4.69, 9.17) is 0 Å². The van der Waals surface area contributed by atoms with E-state index in [1.165, 1.54) is 0 Å². The van der Waals surface area contributed by atoms with Gasteiger partial charge in [-0.3, -0.25) is 4.79 Å². The first-order valence-electron chi connectivity index (χ1n) is 5.41. The van der Waals surface area contributed by atoms with Crippen LogP contribution in [0.25, 0.3) is 0 Å². The highest BCUT2D eigenvalue weighted by molar-refractivity contribution is 6.11. The molecule has 0 atom stereocenters. The third kappa shape index (κ3) is 1.36. The summed E-state index contributed by atoms with van der Waals surface area (Å²) >= 11 is 0. The molecule has 0 aliphatic heterocycles. The zero-order chi connectivity index (χ0) is 11.0. The van der Waals surface area contributed by atoms with E-state index in [-0.39, 0.29) is 5.78 Å². The molecule has 1 aliphatic carbocycles. The number of ketones is 1. The predicted molar refractivity (Wildman–Crippen MR) is 63.4 cm³/mol. The molecule has 1 radical (unpaired) electrons. The van der Waals surface area contributed by atoms with Gasteiger partial charge in [0.1, 0.15) is 0 Å². The van der Waals surface area contributed by atoms with Gasteiger partial charge in [0.2, 0.25) is 0 Å². The van der Waals surface area contributed by atoms with Crippen LogP contribution in [0.2, 0.25) is 0 Å². The first kappa shape index (κ1) is 9.34.